The van der Waals surface area contributed by atoms with E-state index in [-0.39, 0.29) is 20.0 Å². The number of anilines is 1. The fourth-order valence-electron chi connectivity index (χ4n) is 4.65. The minimum atomic E-state index is -0.518. The first-order valence-electron chi connectivity index (χ1n) is 12.0. The zero-order valence-corrected chi connectivity index (χ0v) is 20.4. The molecule has 1 aliphatic heterocycles. The van der Waals surface area contributed by atoms with Gasteiger partial charge in [0.05, 0.1) is 5.41 Å². The van der Waals surface area contributed by atoms with Gasteiger partial charge in [-0.1, -0.05) is 43.3 Å². The van der Waals surface area contributed by atoms with E-state index in [2.05, 4.69) is 36.5 Å². The zero-order chi connectivity index (χ0) is 24.6. The molecule has 0 radical (unpaired) electrons. The number of fused-ring (bicyclic) bond motifs is 1. The molecule has 2 aliphatic rings. The summed E-state index contributed by atoms with van der Waals surface area (Å²) >= 11 is 0. The Hall–Kier alpha value is -3.80. The van der Waals surface area contributed by atoms with Gasteiger partial charge in [0.25, 0.3) is 0 Å². The molecule has 0 spiro atoms. The average molecular weight is 473 g/mol. The molecule has 6 heteroatoms. The number of carbonyl (C=O) groups excluding carboxylic acids is 2. The van der Waals surface area contributed by atoms with Gasteiger partial charge in [-0.25, -0.2) is 0 Å². The zero-order valence-electron chi connectivity index (χ0n) is 20.4. The molecule has 0 saturated heterocycles. The number of nitrogens with zero attached hydrogens (tertiary/aromatic N) is 1. The molecule has 35 heavy (non-hydrogen) atoms. The van der Waals surface area contributed by atoms with E-state index in [1.165, 1.54) is 0 Å². The molecule has 1 saturated carbocycles. The van der Waals surface area contributed by atoms with E-state index >= 15 is 0 Å². The van der Waals surface area contributed by atoms with Crippen LogP contribution in [0.1, 0.15) is 44.3 Å². The number of ether oxygens (including phenoxy) is 2. The fraction of sp³-hybridized carbons (Fsp3) is 0.310. The second-order valence-electron chi connectivity index (χ2n) is 9.43. The Labute approximate surface area is 207 Å². The number of carbonyl (C=O) groups is 2. The number of amides is 2. The smallest absolute Gasteiger partial charge is 0.235 e. The Morgan fingerprint density at radius 1 is 1.00 bits per heavy atom. The van der Waals surface area contributed by atoms with Crippen LogP contribution in [-0.2, 0) is 21.5 Å². The van der Waals surface area contributed by atoms with Gasteiger partial charge < -0.3 is 19.7 Å². The van der Waals surface area contributed by atoms with Crippen molar-refractivity contribution in [1.82, 2.24) is 4.90 Å². The Morgan fingerprint density at radius 3 is 2.46 bits per heavy atom. The molecule has 2 amide bonds. The summed E-state index contributed by atoms with van der Waals surface area (Å²) in [5.41, 5.74) is 5.58. The van der Waals surface area contributed by atoms with Gasteiger partial charge in [0.2, 0.25) is 18.6 Å². The minimum Gasteiger partial charge on any atom is -0.454 e. The van der Waals surface area contributed by atoms with E-state index < -0.39 is 5.41 Å². The number of hydrogen-bond donors (Lipinski definition) is 1. The van der Waals surface area contributed by atoms with E-state index in [1.807, 2.05) is 50.4 Å². The largest absolute Gasteiger partial charge is 0.454 e. The van der Waals surface area contributed by atoms with Crippen LogP contribution >= 0.6 is 0 Å². The van der Waals surface area contributed by atoms with E-state index in [1.54, 1.807) is 4.90 Å². The van der Waals surface area contributed by atoms with Crippen LogP contribution in [0.5, 0.6) is 11.5 Å². The second kappa shape index (κ2) is 9.10. The van der Waals surface area contributed by atoms with E-state index in [9.17, 15) is 9.59 Å². The van der Waals surface area contributed by atoms with Crippen LogP contribution in [0.2, 0.25) is 0 Å². The van der Waals surface area contributed by atoms with Gasteiger partial charge in [-0.2, -0.15) is 0 Å². The summed E-state index contributed by atoms with van der Waals surface area (Å²) in [6, 6.07) is 20.1. The van der Waals surface area contributed by atoms with Gasteiger partial charge in [-0.3, -0.25) is 9.59 Å². The first-order chi connectivity index (χ1) is 16.9. The molecule has 5 rings (SSSR count). The minimum absolute atomic E-state index is 0. The van der Waals surface area contributed by atoms with Crippen LogP contribution in [0.15, 0.2) is 60.7 Å². The van der Waals surface area contributed by atoms with E-state index in [0.717, 1.165) is 52.1 Å². The van der Waals surface area contributed by atoms with Crippen LogP contribution in [0.25, 0.3) is 11.1 Å². The highest BCUT2D eigenvalue weighted by atomic mass is 16.7. The second-order valence-corrected chi connectivity index (χ2v) is 9.43. The summed E-state index contributed by atoms with van der Waals surface area (Å²) in [5, 5.41) is 3.15. The van der Waals surface area contributed by atoms with Crippen LogP contribution in [-0.4, -0.2) is 30.6 Å². The molecule has 0 unspecified atom stereocenters. The number of aryl methyl sites for hydroxylation is 1. The van der Waals surface area contributed by atoms with Crippen molar-refractivity contribution in [3.8, 4) is 22.6 Å². The standard InChI is InChI=1S/C29H30N2O4.H2/c1-4-27(32)31(3)17-20-6-8-21(9-7-20)24-16-23(11-5-19(24)2)30-28(33)29(13-14-29)22-10-12-25-26(15-22)35-18-34-25;/h5-12,15-16H,4,13-14,17-18H2,1-3H3,(H,30,33);1H. The highest BCUT2D eigenvalue weighted by molar-refractivity contribution is 6.02. The monoisotopic (exact) mass is 472 g/mol. The maximum atomic E-state index is 13.3. The van der Waals surface area contributed by atoms with Gasteiger partial charge in [0.1, 0.15) is 0 Å². The van der Waals surface area contributed by atoms with Crippen molar-refractivity contribution in [3.05, 3.63) is 77.4 Å². The molecular formula is C29H32N2O4. The van der Waals surface area contributed by atoms with Crippen molar-refractivity contribution in [2.45, 2.75) is 45.1 Å². The van der Waals surface area contributed by atoms with Gasteiger partial charge in [0, 0.05) is 27.1 Å². The van der Waals surface area contributed by atoms with E-state index in [4.69, 9.17) is 9.47 Å². The van der Waals surface area contributed by atoms with Crippen molar-refractivity contribution in [2.24, 2.45) is 0 Å². The SMILES string of the molecule is CCC(=O)N(C)Cc1ccc(-c2cc(NC(=O)C3(c4ccc5c(c4)OCO5)CC3)ccc2C)cc1.[HH]. The highest BCUT2D eigenvalue weighted by Crippen LogP contribution is 2.51. The molecule has 6 nitrogen and oxygen atoms in total. The van der Waals surface area contributed by atoms with Crippen LogP contribution < -0.4 is 14.8 Å². The summed E-state index contributed by atoms with van der Waals surface area (Å²) < 4.78 is 10.9. The number of benzene rings is 3. The van der Waals surface area contributed by atoms with Gasteiger partial charge in [0.15, 0.2) is 11.5 Å². The Morgan fingerprint density at radius 2 is 1.74 bits per heavy atom. The predicted octanol–water partition coefficient (Wildman–Crippen LogP) is 5.68. The third kappa shape index (κ3) is 4.48. The Bertz CT molecular complexity index is 1280. The van der Waals surface area contributed by atoms with Crippen molar-refractivity contribution in [1.29, 1.82) is 0 Å². The van der Waals surface area contributed by atoms with Crippen molar-refractivity contribution < 1.29 is 20.5 Å². The predicted molar refractivity (Wildman–Crippen MR) is 138 cm³/mol. The molecular weight excluding hydrogens is 440 g/mol. The Balaban J connectivity index is 0.00000304. The summed E-state index contributed by atoms with van der Waals surface area (Å²) in [4.78, 5) is 27.0. The van der Waals surface area contributed by atoms with Gasteiger partial charge in [-0.05, 0) is 71.8 Å². The molecule has 0 bridgehead atoms. The summed E-state index contributed by atoms with van der Waals surface area (Å²) in [5.74, 6) is 1.56. The highest BCUT2D eigenvalue weighted by Gasteiger charge is 2.51. The lowest BCUT2D eigenvalue weighted by atomic mass is 9.94. The molecule has 1 aliphatic carbocycles. The maximum absolute atomic E-state index is 13.3. The molecule has 1 heterocycles. The molecule has 1 N–H and O–H groups in total. The molecule has 0 atom stereocenters. The maximum Gasteiger partial charge on any atom is 0.235 e. The lowest BCUT2D eigenvalue weighted by Crippen LogP contribution is -2.27. The molecule has 182 valence electrons. The van der Waals surface area contributed by atoms with Gasteiger partial charge >= 0.3 is 0 Å². The van der Waals surface area contributed by atoms with Crippen LogP contribution in [0, 0.1) is 6.92 Å². The van der Waals surface area contributed by atoms with Crippen molar-refractivity contribution >= 4 is 17.5 Å². The van der Waals surface area contributed by atoms with Gasteiger partial charge in [-0.15, -0.1) is 0 Å². The fourth-order valence-corrected chi connectivity index (χ4v) is 4.65. The first kappa shape index (κ1) is 23.0. The first-order valence-corrected chi connectivity index (χ1v) is 12.0. The Kier molecular flexibility index (Phi) is 5.97. The molecule has 1 fully saturated rings. The summed E-state index contributed by atoms with van der Waals surface area (Å²) in [6.07, 6.45) is 2.13. The lowest BCUT2D eigenvalue weighted by Gasteiger charge is -2.18. The summed E-state index contributed by atoms with van der Waals surface area (Å²) in [6.45, 7) is 4.75. The molecule has 0 aromatic heterocycles. The normalized spacial score (nSPS) is 14.9. The summed E-state index contributed by atoms with van der Waals surface area (Å²) in [7, 11) is 1.83. The molecule has 3 aromatic carbocycles. The third-order valence-electron chi connectivity index (χ3n) is 7.02. The van der Waals surface area contributed by atoms with Crippen molar-refractivity contribution in [3.63, 3.8) is 0 Å². The van der Waals surface area contributed by atoms with Crippen LogP contribution in [0.3, 0.4) is 0 Å². The van der Waals surface area contributed by atoms with Crippen LogP contribution in [0.4, 0.5) is 5.69 Å². The average Bonchev–Trinajstić information content (AvgIpc) is 3.56. The third-order valence-corrected chi connectivity index (χ3v) is 7.02. The number of hydrogen-bond acceptors (Lipinski definition) is 4. The molecule has 3 aromatic rings. The number of nitrogens with one attached hydrogen (secondary N) is 1. The number of rotatable bonds is 7. The van der Waals surface area contributed by atoms with Crippen molar-refractivity contribution in [2.75, 3.05) is 19.2 Å². The van der Waals surface area contributed by atoms with E-state index in [0.29, 0.717) is 18.7 Å². The lowest BCUT2D eigenvalue weighted by molar-refractivity contribution is -0.130. The topological polar surface area (TPSA) is 67.9 Å². The quantitative estimate of drug-likeness (QED) is 0.481.